The number of amides is 2. The maximum Gasteiger partial charge on any atom is 0.242 e. The Kier molecular flexibility index (Phi) is 11.1. The van der Waals surface area contributed by atoms with Crippen molar-refractivity contribution < 1.29 is 23.8 Å². The lowest BCUT2D eigenvalue weighted by molar-refractivity contribution is -0.144. The van der Waals surface area contributed by atoms with Gasteiger partial charge in [0.15, 0.2) is 11.5 Å². The number of rotatable bonds is 13. The Bertz CT molecular complexity index is 986. The molecule has 0 N–H and O–H groups in total. The third-order valence-electron chi connectivity index (χ3n) is 6.93. The van der Waals surface area contributed by atoms with Crippen LogP contribution in [0.2, 0.25) is 0 Å². The molecule has 1 heterocycles. The highest BCUT2D eigenvalue weighted by Crippen LogP contribution is 2.28. The zero-order valence-corrected chi connectivity index (χ0v) is 22.9. The van der Waals surface area contributed by atoms with Crippen molar-refractivity contribution in [1.82, 2.24) is 9.80 Å². The summed E-state index contributed by atoms with van der Waals surface area (Å²) in [6.45, 7) is 4.07. The molecule has 1 aromatic carbocycles. The number of carbonyl (C=O) groups is 2. The highest BCUT2D eigenvalue weighted by Gasteiger charge is 2.28. The average molecular weight is 517 g/mol. The first-order chi connectivity index (χ1) is 17.5. The van der Waals surface area contributed by atoms with Crippen molar-refractivity contribution in [3.63, 3.8) is 0 Å². The topological polar surface area (TPSA) is 68.3 Å². The largest absolute Gasteiger partial charge is 0.493 e. The van der Waals surface area contributed by atoms with Gasteiger partial charge in [-0.2, -0.15) is 0 Å². The molecule has 36 heavy (non-hydrogen) atoms. The average Bonchev–Trinajstić information content (AvgIpc) is 3.32. The molecule has 1 aromatic heterocycles. The van der Waals surface area contributed by atoms with E-state index in [2.05, 4.69) is 18.4 Å². The molecule has 0 radical (unpaired) electrons. The van der Waals surface area contributed by atoms with Gasteiger partial charge in [0.1, 0.15) is 0 Å². The van der Waals surface area contributed by atoms with E-state index >= 15 is 0 Å². The fourth-order valence-electron chi connectivity index (χ4n) is 4.67. The van der Waals surface area contributed by atoms with E-state index in [1.54, 1.807) is 37.6 Å². The predicted molar refractivity (Wildman–Crippen MR) is 143 cm³/mol. The first-order valence-corrected chi connectivity index (χ1v) is 13.6. The smallest absolute Gasteiger partial charge is 0.242 e. The lowest BCUT2D eigenvalue weighted by atomic mass is 9.88. The van der Waals surface area contributed by atoms with Gasteiger partial charge in [0.2, 0.25) is 11.8 Å². The molecule has 7 nitrogen and oxygen atoms in total. The molecule has 198 valence electrons. The number of carbonyl (C=O) groups excluding carboxylic acids is 2. The summed E-state index contributed by atoms with van der Waals surface area (Å²) in [4.78, 5) is 31.7. The molecule has 1 aliphatic carbocycles. The molecule has 2 amide bonds. The van der Waals surface area contributed by atoms with Crippen LogP contribution in [0.4, 0.5) is 0 Å². The predicted octanol–water partition coefficient (Wildman–Crippen LogP) is 4.70. The first kappa shape index (κ1) is 28.0. The summed E-state index contributed by atoms with van der Waals surface area (Å²) in [6.07, 6.45) is 5.84. The highest BCUT2D eigenvalue weighted by atomic mass is 32.1. The van der Waals surface area contributed by atoms with E-state index in [0.29, 0.717) is 44.2 Å². The fourth-order valence-corrected chi connectivity index (χ4v) is 5.59. The van der Waals surface area contributed by atoms with Gasteiger partial charge in [0.25, 0.3) is 0 Å². The number of hydrogen-bond acceptors (Lipinski definition) is 6. The van der Waals surface area contributed by atoms with Crippen LogP contribution in [0.3, 0.4) is 0 Å². The van der Waals surface area contributed by atoms with Crippen LogP contribution in [-0.4, -0.2) is 69.2 Å². The zero-order chi connectivity index (χ0) is 25.9. The van der Waals surface area contributed by atoms with E-state index in [4.69, 9.17) is 14.2 Å². The Morgan fingerprint density at radius 3 is 2.36 bits per heavy atom. The normalized spacial score (nSPS) is 13.9. The molecule has 1 aliphatic rings. The fraction of sp³-hybridized carbons (Fsp3) is 0.571. The van der Waals surface area contributed by atoms with Gasteiger partial charge in [-0.1, -0.05) is 25.3 Å². The second-order valence-electron chi connectivity index (χ2n) is 9.37. The van der Waals surface area contributed by atoms with Crippen molar-refractivity contribution in [3.05, 3.63) is 45.6 Å². The molecule has 0 spiro atoms. The minimum Gasteiger partial charge on any atom is -0.493 e. The summed E-state index contributed by atoms with van der Waals surface area (Å²) in [7, 11) is 4.86. The van der Waals surface area contributed by atoms with Crippen LogP contribution in [0, 0.1) is 12.8 Å². The lowest BCUT2D eigenvalue weighted by Crippen LogP contribution is -2.46. The van der Waals surface area contributed by atoms with E-state index in [1.165, 1.54) is 12.0 Å². The molecule has 0 bridgehead atoms. The number of ether oxygens (including phenoxy) is 3. The second-order valence-corrected chi connectivity index (χ2v) is 10.4. The van der Waals surface area contributed by atoms with Gasteiger partial charge >= 0.3 is 0 Å². The second kappa shape index (κ2) is 14.2. The number of aryl methyl sites for hydroxylation is 1. The van der Waals surface area contributed by atoms with Gasteiger partial charge in [-0.3, -0.25) is 9.59 Å². The first-order valence-electron chi connectivity index (χ1n) is 12.8. The molecule has 1 saturated carbocycles. The molecule has 0 atom stereocenters. The summed E-state index contributed by atoms with van der Waals surface area (Å²) in [5.41, 5.74) is 2.24. The summed E-state index contributed by atoms with van der Waals surface area (Å²) in [6, 6.07) is 7.92. The van der Waals surface area contributed by atoms with E-state index in [-0.39, 0.29) is 24.3 Å². The van der Waals surface area contributed by atoms with Crippen LogP contribution >= 0.6 is 11.3 Å². The number of hydrogen-bond donors (Lipinski definition) is 0. The van der Waals surface area contributed by atoms with Crippen molar-refractivity contribution in [2.75, 3.05) is 47.6 Å². The molecule has 0 aliphatic heterocycles. The minimum atomic E-state index is -0.0384. The van der Waals surface area contributed by atoms with Crippen molar-refractivity contribution in [3.8, 4) is 11.5 Å². The minimum absolute atomic E-state index is 0.0168. The molecule has 8 heteroatoms. The summed E-state index contributed by atoms with van der Waals surface area (Å²) < 4.78 is 16.1. The van der Waals surface area contributed by atoms with E-state index in [0.717, 1.165) is 36.1 Å². The van der Waals surface area contributed by atoms with Crippen LogP contribution < -0.4 is 9.47 Å². The maximum atomic E-state index is 13.6. The number of methoxy groups -OCH3 is 3. The van der Waals surface area contributed by atoms with E-state index in [9.17, 15) is 9.59 Å². The van der Waals surface area contributed by atoms with Crippen molar-refractivity contribution in [1.29, 1.82) is 0 Å². The molecular weight excluding hydrogens is 476 g/mol. The van der Waals surface area contributed by atoms with Crippen LogP contribution in [0.25, 0.3) is 0 Å². The number of nitrogens with zero attached hydrogens (tertiary/aromatic N) is 2. The molecule has 0 saturated heterocycles. The van der Waals surface area contributed by atoms with Crippen LogP contribution in [0.15, 0.2) is 29.6 Å². The molecule has 0 unspecified atom stereocenters. The van der Waals surface area contributed by atoms with Gasteiger partial charge in [-0.05, 0) is 60.9 Å². The van der Waals surface area contributed by atoms with Crippen molar-refractivity contribution in [2.45, 2.75) is 52.0 Å². The standard InChI is InChI=1S/C28H40N2O5S/c1-21-13-17-36-26(21)19-29(14-12-22-10-11-24(34-3)25(18-22)35-4)27(31)20-30(15-16-33-2)28(32)23-8-6-5-7-9-23/h10-11,13,17-18,23H,5-9,12,14-16,19-20H2,1-4H3. The number of thiophene rings is 1. The monoisotopic (exact) mass is 516 g/mol. The summed E-state index contributed by atoms with van der Waals surface area (Å²) in [5, 5.41) is 2.05. The molecule has 3 rings (SSSR count). The van der Waals surface area contributed by atoms with Crippen LogP contribution in [0.5, 0.6) is 11.5 Å². The number of benzene rings is 1. The van der Waals surface area contributed by atoms with Gasteiger partial charge < -0.3 is 24.0 Å². The highest BCUT2D eigenvalue weighted by molar-refractivity contribution is 7.10. The van der Waals surface area contributed by atoms with Crippen molar-refractivity contribution >= 4 is 23.2 Å². The lowest BCUT2D eigenvalue weighted by Gasteiger charge is -2.31. The Morgan fingerprint density at radius 2 is 1.72 bits per heavy atom. The molecule has 1 fully saturated rings. The Labute approximate surface area is 219 Å². The Hall–Kier alpha value is -2.58. The third kappa shape index (κ3) is 7.71. The molecule has 2 aromatic rings. The zero-order valence-electron chi connectivity index (χ0n) is 22.1. The van der Waals surface area contributed by atoms with Gasteiger partial charge in [-0.15, -0.1) is 11.3 Å². The Balaban J connectivity index is 1.75. The van der Waals surface area contributed by atoms with E-state index < -0.39 is 0 Å². The van der Waals surface area contributed by atoms with E-state index in [1.807, 2.05) is 23.1 Å². The molecular formula is C28H40N2O5S. The van der Waals surface area contributed by atoms with Crippen LogP contribution in [-0.2, 0) is 27.3 Å². The van der Waals surface area contributed by atoms with Gasteiger partial charge in [0.05, 0.1) is 33.9 Å². The van der Waals surface area contributed by atoms with Crippen LogP contribution in [0.1, 0.15) is 48.1 Å². The summed E-state index contributed by atoms with van der Waals surface area (Å²) >= 11 is 1.66. The van der Waals surface area contributed by atoms with Crippen molar-refractivity contribution in [2.24, 2.45) is 5.92 Å². The maximum absolute atomic E-state index is 13.6. The third-order valence-corrected chi connectivity index (χ3v) is 7.94. The quantitative estimate of drug-likeness (QED) is 0.386. The van der Waals surface area contributed by atoms with Gasteiger partial charge in [-0.25, -0.2) is 0 Å². The SMILES string of the molecule is COCCN(CC(=O)N(CCc1ccc(OC)c(OC)c1)Cc1sccc1C)C(=O)C1CCCCC1. The van der Waals surface area contributed by atoms with Gasteiger partial charge in [0, 0.05) is 31.0 Å². The summed E-state index contributed by atoms with van der Waals surface area (Å²) in [5.74, 6) is 1.42. The Morgan fingerprint density at radius 1 is 0.972 bits per heavy atom.